The van der Waals surface area contributed by atoms with E-state index < -0.39 is 18.0 Å². The van der Waals surface area contributed by atoms with E-state index in [9.17, 15) is 9.18 Å². The van der Waals surface area contributed by atoms with Gasteiger partial charge in [-0.25, -0.2) is 24.1 Å². The molecule has 9 nitrogen and oxygen atoms in total. The molecule has 0 fully saturated rings. The zero-order valence-corrected chi connectivity index (χ0v) is 21.9. The van der Waals surface area contributed by atoms with Crippen molar-refractivity contribution in [3.8, 4) is 22.2 Å². The van der Waals surface area contributed by atoms with Crippen LogP contribution in [0.15, 0.2) is 48.8 Å². The quantitative estimate of drug-likeness (QED) is 0.268. The van der Waals surface area contributed by atoms with Gasteiger partial charge in [0.1, 0.15) is 17.7 Å². The number of anilines is 1. The van der Waals surface area contributed by atoms with E-state index in [4.69, 9.17) is 14.2 Å². The Hall–Kier alpha value is -4.38. The average Bonchev–Trinajstić information content (AvgIpc) is 3.30. The predicted octanol–water partition coefficient (Wildman–Crippen LogP) is 6.08. The van der Waals surface area contributed by atoms with Crippen molar-refractivity contribution in [2.24, 2.45) is 0 Å². The Kier molecular flexibility index (Phi) is 7.01. The lowest BCUT2D eigenvalue weighted by Gasteiger charge is -2.15. The monoisotopic (exact) mass is 533 g/mol. The fraction of sp³-hybridized carbons (Fsp3) is 0.222. The molecule has 0 aliphatic heterocycles. The van der Waals surface area contributed by atoms with Gasteiger partial charge in [0.15, 0.2) is 11.6 Å². The summed E-state index contributed by atoms with van der Waals surface area (Å²) in [6.07, 6.45) is 1.81. The van der Waals surface area contributed by atoms with Crippen molar-refractivity contribution in [2.45, 2.75) is 26.9 Å². The molecular weight excluding hydrogens is 509 g/mol. The lowest BCUT2D eigenvalue weighted by Crippen LogP contribution is -2.25. The minimum atomic E-state index is -0.652. The van der Waals surface area contributed by atoms with E-state index in [1.165, 1.54) is 23.6 Å². The molecule has 2 aromatic carbocycles. The predicted molar refractivity (Wildman–Crippen MR) is 143 cm³/mol. The van der Waals surface area contributed by atoms with Crippen LogP contribution in [-0.4, -0.2) is 45.8 Å². The number of fused-ring (bicyclic) bond motifs is 2. The first kappa shape index (κ1) is 25.3. The average molecular weight is 534 g/mol. The number of thiazole rings is 1. The van der Waals surface area contributed by atoms with Gasteiger partial charge in [-0.3, -0.25) is 10.3 Å². The molecule has 1 atom stereocenters. The zero-order valence-electron chi connectivity index (χ0n) is 21.1. The number of aromatic nitrogens is 4. The number of nitrogens with one attached hydrogen (secondary N) is 1. The number of carbonyl (C=O) groups is 1. The topological polar surface area (TPSA) is 108 Å². The van der Waals surface area contributed by atoms with Crippen LogP contribution in [0.5, 0.6) is 11.6 Å². The zero-order chi connectivity index (χ0) is 26.8. The highest BCUT2D eigenvalue weighted by molar-refractivity contribution is 7.21. The van der Waals surface area contributed by atoms with Crippen LogP contribution in [0.25, 0.3) is 31.8 Å². The first-order chi connectivity index (χ1) is 18.3. The molecule has 0 saturated heterocycles. The van der Waals surface area contributed by atoms with Gasteiger partial charge >= 0.3 is 6.09 Å². The van der Waals surface area contributed by atoms with Crippen LogP contribution in [-0.2, 0) is 4.74 Å². The second-order valence-electron chi connectivity index (χ2n) is 8.70. The smallest absolute Gasteiger partial charge is 0.412 e. The van der Waals surface area contributed by atoms with Crippen molar-refractivity contribution in [1.82, 2.24) is 19.9 Å². The maximum absolute atomic E-state index is 14.8. The van der Waals surface area contributed by atoms with E-state index >= 15 is 0 Å². The summed E-state index contributed by atoms with van der Waals surface area (Å²) in [5.41, 5.74) is 5.00. The van der Waals surface area contributed by atoms with Crippen molar-refractivity contribution < 1.29 is 23.4 Å². The first-order valence-corrected chi connectivity index (χ1v) is 12.6. The van der Waals surface area contributed by atoms with E-state index in [0.29, 0.717) is 33.1 Å². The molecule has 1 amide bonds. The number of hydrogen-bond donors (Lipinski definition) is 1. The second-order valence-corrected chi connectivity index (χ2v) is 9.73. The fourth-order valence-electron chi connectivity index (χ4n) is 3.78. The Morgan fingerprint density at radius 2 is 1.92 bits per heavy atom. The van der Waals surface area contributed by atoms with Crippen LogP contribution in [0.3, 0.4) is 0 Å². The van der Waals surface area contributed by atoms with Gasteiger partial charge in [0.25, 0.3) is 0 Å². The summed E-state index contributed by atoms with van der Waals surface area (Å²) >= 11 is 1.40. The molecule has 0 saturated carbocycles. The first-order valence-electron chi connectivity index (χ1n) is 11.7. The van der Waals surface area contributed by atoms with Crippen LogP contribution in [0.1, 0.15) is 18.2 Å². The molecule has 0 unspecified atom stereocenters. The van der Waals surface area contributed by atoms with Crippen molar-refractivity contribution in [2.75, 3.05) is 19.0 Å². The fourth-order valence-corrected chi connectivity index (χ4v) is 4.77. The highest BCUT2D eigenvalue weighted by atomic mass is 32.1. The molecule has 194 valence electrons. The third-order valence-corrected chi connectivity index (χ3v) is 6.64. The number of aryl methyl sites for hydroxylation is 2. The Labute approximate surface area is 221 Å². The number of ether oxygens (including phenoxy) is 3. The maximum Gasteiger partial charge on any atom is 0.412 e. The molecule has 0 bridgehead atoms. The second kappa shape index (κ2) is 10.5. The van der Waals surface area contributed by atoms with Crippen LogP contribution in [0, 0.1) is 19.7 Å². The number of hydrogen-bond acceptors (Lipinski definition) is 9. The van der Waals surface area contributed by atoms with Gasteiger partial charge in [0, 0.05) is 23.4 Å². The molecule has 0 aliphatic rings. The van der Waals surface area contributed by atoms with Gasteiger partial charge < -0.3 is 14.2 Å². The van der Waals surface area contributed by atoms with Gasteiger partial charge in [-0.2, -0.15) is 0 Å². The highest BCUT2D eigenvalue weighted by Gasteiger charge is 2.17. The summed E-state index contributed by atoms with van der Waals surface area (Å²) < 4.78 is 31.7. The van der Waals surface area contributed by atoms with Gasteiger partial charge in [-0.05, 0) is 50.6 Å². The van der Waals surface area contributed by atoms with E-state index in [0.717, 1.165) is 21.5 Å². The van der Waals surface area contributed by atoms with E-state index in [-0.39, 0.29) is 12.4 Å². The van der Waals surface area contributed by atoms with Gasteiger partial charge in [0.2, 0.25) is 5.88 Å². The van der Waals surface area contributed by atoms with Crippen LogP contribution in [0.4, 0.5) is 14.9 Å². The summed E-state index contributed by atoms with van der Waals surface area (Å²) in [5, 5.41) is 3.28. The van der Waals surface area contributed by atoms with Crippen LogP contribution < -0.4 is 14.8 Å². The van der Waals surface area contributed by atoms with Crippen LogP contribution in [0.2, 0.25) is 0 Å². The summed E-state index contributed by atoms with van der Waals surface area (Å²) in [6, 6.07) is 10.3. The molecule has 0 aliphatic carbocycles. The minimum absolute atomic E-state index is 0.0341. The normalized spacial score (nSPS) is 11.9. The lowest BCUT2D eigenvalue weighted by molar-refractivity contribution is 0.0844. The van der Waals surface area contributed by atoms with Gasteiger partial charge in [0.05, 0.1) is 46.4 Å². The third kappa shape index (κ3) is 5.47. The van der Waals surface area contributed by atoms with E-state index in [2.05, 4.69) is 25.3 Å². The van der Waals surface area contributed by atoms with E-state index in [1.807, 2.05) is 26.0 Å². The maximum atomic E-state index is 14.8. The number of pyridine rings is 1. The molecule has 5 aromatic rings. The third-order valence-electron chi connectivity index (χ3n) is 5.59. The number of benzene rings is 2. The minimum Gasteiger partial charge on any atom is -0.487 e. The molecule has 11 heteroatoms. The van der Waals surface area contributed by atoms with E-state index in [1.54, 1.807) is 38.4 Å². The molecule has 1 N–H and O–H groups in total. The van der Waals surface area contributed by atoms with Gasteiger partial charge in [-0.15, -0.1) is 11.3 Å². The molecule has 3 aromatic heterocycles. The Morgan fingerprint density at radius 3 is 2.68 bits per heavy atom. The summed E-state index contributed by atoms with van der Waals surface area (Å²) in [7, 11) is 1.54. The number of carbonyl (C=O) groups excluding carboxylic acids is 1. The number of nitrogens with zero attached hydrogens (tertiary/aromatic N) is 4. The molecular formula is C27H24FN5O4S. The van der Waals surface area contributed by atoms with Crippen molar-refractivity contribution in [3.05, 3.63) is 65.9 Å². The highest BCUT2D eigenvalue weighted by Crippen LogP contribution is 2.37. The molecule has 0 spiro atoms. The van der Waals surface area contributed by atoms with Crippen molar-refractivity contribution in [3.63, 3.8) is 0 Å². The number of rotatable bonds is 7. The summed E-state index contributed by atoms with van der Waals surface area (Å²) in [5.74, 6) is -0.0923. The Bertz CT molecular complexity index is 1640. The standard InChI is InChI=1S/C27H24FN5O4S/c1-14-7-18(25-21(8-14)32-24(35-4)12-30-25)26-33-20-9-19(28)22(10-23(20)38-26)36-13-16(3)37-27(34)31-17-6-5-15(2)29-11-17/h5-12,16H,13H2,1-4H3,(H,31,34)/t16-/m1/s1. The number of amides is 1. The SMILES string of the molecule is COc1cnc2c(-c3nc4cc(F)c(OC[C@@H](C)OC(=O)Nc5ccc(C)nc5)cc4s3)cc(C)cc2n1. The Balaban J connectivity index is 1.31. The molecule has 38 heavy (non-hydrogen) atoms. The van der Waals surface area contributed by atoms with Crippen LogP contribution >= 0.6 is 11.3 Å². The summed E-state index contributed by atoms with van der Waals surface area (Å²) in [4.78, 5) is 29.9. The lowest BCUT2D eigenvalue weighted by atomic mass is 10.1. The molecule has 0 radical (unpaired) electrons. The van der Waals surface area contributed by atoms with Crippen molar-refractivity contribution >= 4 is 44.4 Å². The Morgan fingerprint density at radius 1 is 1.08 bits per heavy atom. The molecule has 5 rings (SSSR count). The molecule has 3 heterocycles. The van der Waals surface area contributed by atoms with Gasteiger partial charge in [-0.1, -0.05) is 0 Å². The summed E-state index contributed by atoms with van der Waals surface area (Å²) in [6.45, 7) is 5.44. The number of methoxy groups -OCH3 is 1. The largest absolute Gasteiger partial charge is 0.487 e. The number of halogens is 1. The van der Waals surface area contributed by atoms with Crippen molar-refractivity contribution in [1.29, 1.82) is 0 Å².